The maximum atomic E-state index is 14.3. The van der Waals surface area contributed by atoms with Gasteiger partial charge in [-0.25, -0.2) is 12.8 Å². The van der Waals surface area contributed by atoms with E-state index in [4.69, 9.17) is 4.74 Å². The summed E-state index contributed by atoms with van der Waals surface area (Å²) in [5.41, 5.74) is 4.35. The third-order valence-corrected chi connectivity index (χ3v) is 9.86. The summed E-state index contributed by atoms with van der Waals surface area (Å²) in [6.07, 6.45) is 1.56. The van der Waals surface area contributed by atoms with Crippen molar-refractivity contribution in [3.63, 3.8) is 0 Å². The van der Waals surface area contributed by atoms with Crippen molar-refractivity contribution in [1.29, 1.82) is 0 Å². The number of fused-ring (bicyclic) bond motifs is 2. The van der Waals surface area contributed by atoms with Crippen LogP contribution in [0.1, 0.15) is 45.1 Å². The van der Waals surface area contributed by atoms with Crippen molar-refractivity contribution in [2.75, 3.05) is 16.6 Å². The lowest BCUT2D eigenvalue weighted by Gasteiger charge is -2.26. The highest BCUT2D eigenvalue weighted by Gasteiger charge is 2.41. The number of benzene rings is 4. The predicted octanol–water partition coefficient (Wildman–Crippen LogP) is 6.24. The molecule has 7 rings (SSSR count). The second kappa shape index (κ2) is 10.8. The Morgan fingerprint density at radius 3 is 2.19 bits per heavy atom. The molecular formula is C34H28FN3O4S. The van der Waals surface area contributed by atoms with E-state index in [1.165, 1.54) is 16.4 Å². The highest BCUT2D eigenvalue weighted by molar-refractivity contribution is 7.93. The molecule has 0 radical (unpaired) electrons. The molecule has 0 N–H and O–H groups in total. The maximum Gasteiger partial charge on any atom is 0.258 e. The topological polar surface area (TPSA) is 79.8 Å². The van der Waals surface area contributed by atoms with Gasteiger partial charge in [0.25, 0.3) is 5.91 Å². The van der Waals surface area contributed by atoms with Crippen LogP contribution in [0.2, 0.25) is 0 Å². The van der Waals surface area contributed by atoms with Crippen LogP contribution >= 0.6 is 0 Å². The first-order valence-corrected chi connectivity index (χ1v) is 15.8. The molecule has 4 aromatic carbocycles. The monoisotopic (exact) mass is 593 g/mol. The van der Waals surface area contributed by atoms with Crippen molar-refractivity contribution in [2.45, 2.75) is 25.6 Å². The molecule has 2 aliphatic rings. The van der Waals surface area contributed by atoms with Crippen molar-refractivity contribution in [2.24, 2.45) is 0 Å². The Bertz CT molecular complexity index is 1900. The average Bonchev–Trinajstić information content (AvgIpc) is 3.55. The first-order chi connectivity index (χ1) is 20.9. The second-order valence-electron chi connectivity index (χ2n) is 10.8. The molecule has 43 heavy (non-hydrogen) atoms. The van der Waals surface area contributed by atoms with Gasteiger partial charge in [0.05, 0.1) is 17.0 Å². The van der Waals surface area contributed by atoms with Crippen LogP contribution < -0.4 is 9.04 Å². The number of pyridine rings is 1. The van der Waals surface area contributed by atoms with Gasteiger partial charge in [-0.05, 0) is 47.4 Å². The number of amides is 1. The zero-order valence-electron chi connectivity index (χ0n) is 23.2. The number of nitrogens with zero attached hydrogens (tertiary/aromatic N) is 3. The van der Waals surface area contributed by atoms with E-state index in [0.717, 1.165) is 16.7 Å². The smallest absolute Gasteiger partial charge is 0.258 e. The lowest BCUT2D eigenvalue weighted by Crippen LogP contribution is -2.27. The number of carbonyl (C=O) groups excluding carboxylic acids is 1. The van der Waals surface area contributed by atoms with Crippen molar-refractivity contribution in [3.05, 3.63) is 137 Å². The van der Waals surface area contributed by atoms with E-state index in [1.54, 1.807) is 29.3 Å². The van der Waals surface area contributed by atoms with Gasteiger partial charge < -0.3 is 9.64 Å². The van der Waals surface area contributed by atoms with Crippen molar-refractivity contribution >= 4 is 32.5 Å². The molecular weight excluding hydrogens is 565 g/mol. The fourth-order valence-corrected chi connectivity index (χ4v) is 7.65. The number of hydrogen-bond acceptors (Lipinski definition) is 5. The van der Waals surface area contributed by atoms with E-state index in [1.807, 2.05) is 66.7 Å². The van der Waals surface area contributed by atoms with E-state index in [2.05, 4.69) is 4.98 Å². The van der Waals surface area contributed by atoms with E-state index < -0.39 is 16.1 Å². The molecule has 9 heteroatoms. The van der Waals surface area contributed by atoms with Crippen LogP contribution in [-0.4, -0.2) is 36.5 Å². The van der Waals surface area contributed by atoms with Crippen LogP contribution in [0.25, 0.3) is 10.9 Å². The molecule has 216 valence electrons. The minimum atomic E-state index is -3.58. The predicted molar refractivity (Wildman–Crippen MR) is 163 cm³/mol. The summed E-state index contributed by atoms with van der Waals surface area (Å²) in [6.45, 7) is 0.723. The summed E-state index contributed by atoms with van der Waals surface area (Å²) < 4.78 is 48.5. The number of sulfonamides is 1. The number of aromatic nitrogens is 1. The van der Waals surface area contributed by atoms with Crippen molar-refractivity contribution < 1.29 is 22.3 Å². The summed E-state index contributed by atoms with van der Waals surface area (Å²) in [7, 11) is -3.58. The normalized spacial score (nSPS) is 15.8. The molecule has 7 nitrogen and oxygen atoms in total. The van der Waals surface area contributed by atoms with E-state index >= 15 is 0 Å². The summed E-state index contributed by atoms with van der Waals surface area (Å²) in [6, 6.07) is 29.1. The minimum absolute atomic E-state index is 0.0408. The first kappa shape index (κ1) is 27.1. The van der Waals surface area contributed by atoms with Crippen molar-refractivity contribution in [1.82, 2.24) is 9.88 Å². The standard InChI is InChI=1S/C34H28FN3O4S/c35-26-16-14-23(15-17-26)21-37-22-28-29(34(37)39)33(42-32(24-9-3-1-4-10-24)25-11-5-2-6-12-25)30-27(13-7-18-36-30)31(28)38-19-8-20-43(38,40)41/h1-7,9-18,32H,8,19-22H2. The van der Waals surface area contributed by atoms with Crippen molar-refractivity contribution in [3.8, 4) is 5.75 Å². The van der Waals surface area contributed by atoms with Crippen LogP contribution in [0.15, 0.2) is 103 Å². The summed E-state index contributed by atoms with van der Waals surface area (Å²) >= 11 is 0. The van der Waals surface area contributed by atoms with Gasteiger partial charge in [0.2, 0.25) is 10.0 Å². The molecule has 0 atom stereocenters. The molecule has 5 aromatic rings. The Morgan fingerprint density at radius 1 is 0.884 bits per heavy atom. The highest BCUT2D eigenvalue weighted by atomic mass is 32.2. The number of anilines is 1. The molecule has 0 saturated carbocycles. The lowest BCUT2D eigenvalue weighted by molar-refractivity contribution is 0.0762. The summed E-state index contributed by atoms with van der Waals surface area (Å²) in [5.74, 6) is -0.295. The van der Waals surface area contributed by atoms with Gasteiger partial charge in [-0.2, -0.15) is 0 Å². The zero-order chi connectivity index (χ0) is 29.6. The second-order valence-corrected chi connectivity index (χ2v) is 12.8. The maximum absolute atomic E-state index is 14.3. The fourth-order valence-electron chi connectivity index (χ4n) is 6.04. The number of halogens is 1. The average molecular weight is 594 g/mol. The Balaban J connectivity index is 1.44. The Labute approximate surface area is 249 Å². The lowest BCUT2D eigenvalue weighted by atomic mass is 9.99. The van der Waals surface area contributed by atoms with Gasteiger partial charge in [0.15, 0.2) is 5.75 Å². The molecule has 2 aliphatic heterocycles. The molecule has 0 aliphatic carbocycles. The number of ether oxygens (including phenoxy) is 1. The fraction of sp³-hybridized carbons (Fsp3) is 0.176. The van der Waals surface area contributed by atoms with Crippen LogP contribution in [0.3, 0.4) is 0 Å². The van der Waals surface area contributed by atoms with E-state index in [0.29, 0.717) is 46.4 Å². The van der Waals surface area contributed by atoms with E-state index in [-0.39, 0.29) is 30.6 Å². The van der Waals surface area contributed by atoms with Gasteiger partial charge in [-0.1, -0.05) is 72.8 Å². The first-order valence-electron chi connectivity index (χ1n) is 14.1. The summed E-state index contributed by atoms with van der Waals surface area (Å²) in [4.78, 5) is 20.6. The molecule has 0 spiro atoms. The van der Waals surface area contributed by atoms with E-state index in [9.17, 15) is 17.6 Å². The van der Waals surface area contributed by atoms with Crippen LogP contribution in [0.5, 0.6) is 5.75 Å². The largest absolute Gasteiger partial charge is 0.478 e. The minimum Gasteiger partial charge on any atom is -0.478 e. The Morgan fingerprint density at radius 2 is 1.56 bits per heavy atom. The molecule has 1 saturated heterocycles. The molecule has 0 unspecified atom stereocenters. The number of rotatable bonds is 7. The third-order valence-electron chi connectivity index (χ3n) is 8.02. The highest BCUT2D eigenvalue weighted by Crippen LogP contribution is 2.48. The Kier molecular flexibility index (Phi) is 6.82. The van der Waals surface area contributed by atoms with Gasteiger partial charge in [-0.15, -0.1) is 0 Å². The van der Waals surface area contributed by atoms with Gasteiger partial charge in [0.1, 0.15) is 17.4 Å². The van der Waals surface area contributed by atoms with Gasteiger partial charge in [-0.3, -0.25) is 14.1 Å². The molecule has 0 bridgehead atoms. The SMILES string of the molecule is O=C1c2c(c(N3CCCS3(=O)=O)c3cccnc3c2OC(c2ccccc2)c2ccccc2)CN1Cc1ccc(F)cc1. The zero-order valence-corrected chi connectivity index (χ0v) is 24.0. The summed E-state index contributed by atoms with van der Waals surface area (Å²) in [5, 5.41) is 0.609. The number of hydrogen-bond donors (Lipinski definition) is 0. The molecule has 1 amide bonds. The number of carbonyl (C=O) groups is 1. The van der Waals surface area contributed by atoms with Crippen LogP contribution in [0.4, 0.5) is 10.1 Å². The van der Waals surface area contributed by atoms with Gasteiger partial charge >= 0.3 is 0 Å². The third kappa shape index (κ3) is 4.89. The molecule has 3 heterocycles. The molecule has 1 fully saturated rings. The van der Waals surface area contributed by atoms with Gasteiger partial charge in [0, 0.05) is 36.8 Å². The van der Waals surface area contributed by atoms with Crippen LogP contribution in [0, 0.1) is 5.82 Å². The molecule has 1 aromatic heterocycles. The van der Waals surface area contributed by atoms with Crippen LogP contribution in [-0.2, 0) is 23.1 Å². The Hall–Kier alpha value is -4.76. The quantitative estimate of drug-likeness (QED) is 0.223.